The minimum atomic E-state index is -0.928. The van der Waals surface area contributed by atoms with Gasteiger partial charge >= 0.3 is 5.97 Å². The normalized spacial score (nSPS) is 11.2. The van der Waals surface area contributed by atoms with Gasteiger partial charge in [-0.25, -0.2) is 9.78 Å². The largest absolute Gasteiger partial charge is 0.477 e. The molecular weight excluding hydrogens is 364 g/mol. The van der Waals surface area contributed by atoms with Crippen LogP contribution in [0.5, 0.6) is 0 Å². The predicted octanol–water partition coefficient (Wildman–Crippen LogP) is 4.65. The van der Waals surface area contributed by atoms with Crippen LogP contribution in [0.4, 0.5) is 0 Å². The van der Waals surface area contributed by atoms with E-state index < -0.39 is 5.97 Å². The number of benzene rings is 1. The Hall–Kier alpha value is -1.66. The van der Waals surface area contributed by atoms with E-state index in [2.05, 4.69) is 27.8 Å². The molecule has 2 aromatic heterocycles. The molecule has 0 amide bonds. The fraction of sp³-hybridized carbons (Fsp3) is 0.250. The topological polar surface area (TPSA) is 54.6 Å². The van der Waals surface area contributed by atoms with Crippen LogP contribution in [0.15, 0.2) is 28.7 Å². The number of hydrogen-bond donors (Lipinski definition) is 1. The van der Waals surface area contributed by atoms with E-state index in [1.165, 1.54) is 0 Å². The fourth-order valence-electron chi connectivity index (χ4n) is 2.61. The van der Waals surface area contributed by atoms with Crippen molar-refractivity contribution in [3.05, 3.63) is 45.0 Å². The molecular formula is C16H15BrN2O2S. The van der Waals surface area contributed by atoms with Gasteiger partial charge < -0.3 is 5.11 Å². The van der Waals surface area contributed by atoms with Gasteiger partial charge in [0.1, 0.15) is 0 Å². The second kappa shape index (κ2) is 5.85. The summed E-state index contributed by atoms with van der Waals surface area (Å²) in [4.78, 5) is 18.1. The van der Waals surface area contributed by atoms with Gasteiger partial charge in [-0.15, -0.1) is 11.3 Å². The van der Waals surface area contributed by atoms with Crippen molar-refractivity contribution >= 4 is 38.2 Å². The van der Waals surface area contributed by atoms with Crippen molar-refractivity contribution in [2.24, 2.45) is 0 Å². The molecule has 114 valence electrons. The average Bonchev–Trinajstić information content (AvgIpc) is 3.02. The van der Waals surface area contributed by atoms with Crippen molar-refractivity contribution < 1.29 is 9.90 Å². The van der Waals surface area contributed by atoms with E-state index in [4.69, 9.17) is 0 Å². The number of aromatic carboxylic acids is 1. The molecule has 0 aliphatic rings. The molecule has 0 fully saturated rings. The highest BCUT2D eigenvalue weighted by atomic mass is 79.9. The molecule has 0 saturated heterocycles. The number of carboxylic acids is 1. The van der Waals surface area contributed by atoms with Crippen molar-refractivity contribution in [2.45, 2.75) is 26.7 Å². The number of rotatable bonds is 4. The van der Waals surface area contributed by atoms with E-state index in [1.807, 2.05) is 31.2 Å². The van der Waals surface area contributed by atoms with Gasteiger partial charge in [0.25, 0.3) is 0 Å². The summed E-state index contributed by atoms with van der Waals surface area (Å²) >= 11 is 5.00. The molecule has 2 heterocycles. The number of thiazole rings is 1. The van der Waals surface area contributed by atoms with Gasteiger partial charge in [0.15, 0.2) is 10.7 Å². The summed E-state index contributed by atoms with van der Waals surface area (Å²) in [6.07, 6.45) is 1.46. The molecule has 0 aliphatic heterocycles. The van der Waals surface area contributed by atoms with E-state index in [1.54, 1.807) is 15.7 Å². The van der Waals surface area contributed by atoms with Gasteiger partial charge in [0, 0.05) is 9.35 Å². The number of nitrogens with zero attached hydrogens (tertiary/aromatic N) is 2. The minimum absolute atomic E-state index is 0.284. The molecule has 1 N–H and O–H groups in total. The maximum Gasteiger partial charge on any atom is 0.354 e. The van der Waals surface area contributed by atoms with Crippen LogP contribution in [0.2, 0.25) is 0 Å². The van der Waals surface area contributed by atoms with Crippen molar-refractivity contribution in [1.82, 2.24) is 9.38 Å². The zero-order valence-electron chi connectivity index (χ0n) is 12.3. The van der Waals surface area contributed by atoms with Gasteiger partial charge in [-0.1, -0.05) is 41.9 Å². The summed E-state index contributed by atoms with van der Waals surface area (Å²) in [6, 6.07) is 7.94. The van der Waals surface area contributed by atoms with E-state index in [0.29, 0.717) is 12.1 Å². The van der Waals surface area contributed by atoms with Crippen LogP contribution in [0.3, 0.4) is 0 Å². The molecule has 0 spiro atoms. The molecule has 0 aliphatic carbocycles. The van der Waals surface area contributed by atoms with E-state index in [0.717, 1.165) is 32.0 Å². The first kappa shape index (κ1) is 15.2. The molecule has 0 saturated carbocycles. The molecule has 0 unspecified atom stereocenters. The summed E-state index contributed by atoms with van der Waals surface area (Å²) in [6.45, 7) is 4.01. The Morgan fingerprint density at radius 1 is 1.27 bits per heavy atom. The minimum Gasteiger partial charge on any atom is -0.477 e. The lowest BCUT2D eigenvalue weighted by molar-refractivity contribution is 0.0688. The number of aryl methyl sites for hydroxylation is 2. The third kappa shape index (κ3) is 2.36. The van der Waals surface area contributed by atoms with Gasteiger partial charge in [0.2, 0.25) is 0 Å². The Balaban J connectivity index is 2.37. The van der Waals surface area contributed by atoms with Crippen molar-refractivity contribution in [2.75, 3.05) is 0 Å². The third-order valence-electron chi connectivity index (χ3n) is 3.60. The quantitative estimate of drug-likeness (QED) is 0.718. The lowest BCUT2D eigenvalue weighted by atomic mass is 10.1. The summed E-state index contributed by atoms with van der Waals surface area (Å²) in [7, 11) is 0. The van der Waals surface area contributed by atoms with E-state index in [9.17, 15) is 9.90 Å². The third-order valence-corrected chi connectivity index (χ3v) is 5.31. The Morgan fingerprint density at radius 2 is 1.95 bits per heavy atom. The molecule has 3 aromatic rings. The van der Waals surface area contributed by atoms with Crippen molar-refractivity contribution in [1.29, 1.82) is 0 Å². The molecule has 0 radical (unpaired) electrons. The van der Waals surface area contributed by atoms with Crippen LogP contribution < -0.4 is 0 Å². The summed E-state index contributed by atoms with van der Waals surface area (Å²) < 4.78 is 2.80. The first-order chi connectivity index (χ1) is 10.6. The predicted molar refractivity (Wildman–Crippen MR) is 91.9 cm³/mol. The van der Waals surface area contributed by atoms with Gasteiger partial charge in [-0.3, -0.25) is 4.40 Å². The zero-order chi connectivity index (χ0) is 15.9. The van der Waals surface area contributed by atoms with Crippen LogP contribution in [0, 0.1) is 0 Å². The average molecular weight is 379 g/mol. The standard InChI is InChI=1S/C16H15BrN2O2S/c1-3-11-14(15(20)21)19-13(9-5-7-10(17)8-6-9)12(4-2)22-16(19)18-11/h5-8H,3-4H2,1-2H3,(H,20,21). The molecule has 6 heteroatoms. The number of aromatic nitrogens is 2. The highest BCUT2D eigenvalue weighted by molar-refractivity contribution is 9.10. The second-order valence-electron chi connectivity index (χ2n) is 4.92. The number of imidazole rings is 1. The Labute approximate surface area is 140 Å². The second-order valence-corrected chi connectivity index (χ2v) is 6.90. The van der Waals surface area contributed by atoms with Gasteiger partial charge in [0.05, 0.1) is 11.4 Å². The van der Waals surface area contributed by atoms with Gasteiger partial charge in [-0.05, 0) is 30.5 Å². The molecule has 0 bridgehead atoms. The number of fused-ring (bicyclic) bond motifs is 1. The van der Waals surface area contributed by atoms with E-state index >= 15 is 0 Å². The lowest BCUT2D eigenvalue weighted by Gasteiger charge is -2.06. The van der Waals surface area contributed by atoms with E-state index in [-0.39, 0.29) is 5.69 Å². The Morgan fingerprint density at radius 3 is 2.50 bits per heavy atom. The lowest BCUT2D eigenvalue weighted by Crippen LogP contribution is -2.06. The van der Waals surface area contributed by atoms with Crippen molar-refractivity contribution in [3.8, 4) is 11.3 Å². The highest BCUT2D eigenvalue weighted by Crippen LogP contribution is 2.35. The molecule has 3 rings (SSSR count). The molecule has 0 atom stereocenters. The fourth-order valence-corrected chi connectivity index (χ4v) is 3.97. The SMILES string of the molecule is CCc1nc2sc(CC)c(-c3ccc(Br)cc3)n2c1C(=O)O. The highest BCUT2D eigenvalue weighted by Gasteiger charge is 2.24. The maximum absolute atomic E-state index is 11.7. The zero-order valence-corrected chi connectivity index (χ0v) is 14.7. The van der Waals surface area contributed by atoms with Gasteiger partial charge in [-0.2, -0.15) is 0 Å². The van der Waals surface area contributed by atoms with Crippen LogP contribution >= 0.6 is 27.3 Å². The van der Waals surface area contributed by atoms with Crippen LogP contribution in [-0.2, 0) is 12.8 Å². The number of carbonyl (C=O) groups is 1. The Bertz CT molecular complexity index is 849. The summed E-state index contributed by atoms with van der Waals surface area (Å²) in [5, 5.41) is 9.62. The number of hydrogen-bond acceptors (Lipinski definition) is 3. The van der Waals surface area contributed by atoms with Crippen LogP contribution in [0.1, 0.15) is 34.9 Å². The maximum atomic E-state index is 11.7. The number of carboxylic acid groups (broad SMARTS) is 1. The van der Waals surface area contributed by atoms with Crippen LogP contribution in [-0.4, -0.2) is 20.5 Å². The molecule has 1 aromatic carbocycles. The molecule has 22 heavy (non-hydrogen) atoms. The molecule has 4 nitrogen and oxygen atoms in total. The van der Waals surface area contributed by atoms with Crippen molar-refractivity contribution in [3.63, 3.8) is 0 Å². The first-order valence-electron chi connectivity index (χ1n) is 7.09. The Kier molecular flexibility index (Phi) is 4.06. The number of halogens is 1. The summed E-state index contributed by atoms with van der Waals surface area (Å²) in [5.41, 5.74) is 2.87. The monoisotopic (exact) mass is 378 g/mol. The first-order valence-corrected chi connectivity index (χ1v) is 8.70. The smallest absolute Gasteiger partial charge is 0.354 e. The summed E-state index contributed by atoms with van der Waals surface area (Å²) in [5.74, 6) is -0.928. The van der Waals surface area contributed by atoms with Crippen LogP contribution in [0.25, 0.3) is 16.2 Å².